The van der Waals surface area contributed by atoms with E-state index in [9.17, 15) is 4.79 Å². The Kier molecular flexibility index (Phi) is 4.95. The minimum absolute atomic E-state index is 0.0394. The number of hydrogen-bond donors (Lipinski definition) is 1. The first-order valence-corrected chi connectivity index (χ1v) is 6.56. The predicted octanol–water partition coefficient (Wildman–Crippen LogP) is 0.927. The highest BCUT2D eigenvalue weighted by molar-refractivity contribution is 5.77. The summed E-state index contributed by atoms with van der Waals surface area (Å²) in [5.74, 6) is 0.239. The predicted molar refractivity (Wildman–Crippen MR) is 71.0 cm³/mol. The molecule has 4 heteroatoms. The van der Waals surface area contributed by atoms with E-state index in [1.165, 1.54) is 0 Å². The maximum Gasteiger partial charge on any atom is 0.224 e. The maximum absolute atomic E-state index is 12.1. The van der Waals surface area contributed by atoms with Gasteiger partial charge >= 0.3 is 0 Å². The molecule has 1 N–H and O–H groups in total. The minimum Gasteiger partial charge on any atom is -0.343 e. The number of nitrogens with zero attached hydrogens (tertiary/aromatic N) is 2. The summed E-state index contributed by atoms with van der Waals surface area (Å²) < 4.78 is 0. The number of carbonyl (C=O) groups excluding carboxylic acids is 1. The van der Waals surface area contributed by atoms with Gasteiger partial charge < -0.3 is 10.2 Å². The van der Waals surface area contributed by atoms with E-state index in [-0.39, 0.29) is 17.5 Å². The summed E-state index contributed by atoms with van der Waals surface area (Å²) in [6.45, 7) is 12.6. The molecule has 0 radical (unpaired) electrons. The molecule has 17 heavy (non-hydrogen) atoms. The summed E-state index contributed by atoms with van der Waals surface area (Å²) in [5, 5.41) is 3.34. The molecule has 1 rings (SSSR count). The van der Waals surface area contributed by atoms with Crippen LogP contribution in [0, 0.1) is 0 Å². The van der Waals surface area contributed by atoms with E-state index in [0.717, 1.165) is 26.2 Å². The van der Waals surface area contributed by atoms with Crippen molar-refractivity contribution in [3.63, 3.8) is 0 Å². The van der Waals surface area contributed by atoms with Gasteiger partial charge in [-0.05, 0) is 27.7 Å². The summed E-state index contributed by atoms with van der Waals surface area (Å²) in [6, 6.07) is 0.279. The third-order valence-corrected chi connectivity index (χ3v) is 3.72. The van der Waals surface area contributed by atoms with E-state index >= 15 is 0 Å². The van der Waals surface area contributed by atoms with Crippen LogP contribution < -0.4 is 5.32 Å². The Morgan fingerprint density at radius 2 is 1.88 bits per heavy atom. The minimum atomic E-state index is -0.0394. The zero-order valence-corrected chi connectivity index (χ0v) is 11.9. The Morgan fingerprint density at radius 1 is 1.35 bits per heavy atom. The van der Waals surface area contributed by atoms with Crippen LogP contribution in [0.15, 0.2) is 0 Å². The fourth-order valence-electron chi connectivity index (χ4n) is 2.16. The number of amides is 1. The van der Waals surface area contributed by atoms with Crippen molar-refractivity contribution in [2.75, 3.05) is 33.2 Å². The third kappa shape index (κ3) is 3.96. The van der Waals surface area contributed by atoms with Gasteiger partial charge in [-0.3, -0.25) is 9.69 Å². The van der Waals surface area contributed by atoms with Gasteiger partial charge in [0, 0.05) is 51.2 Å². The highest BCUT2D eigenvalue weighted by atomic mass is 16.2. The maximum atomic E-state index is 12.1. The molecule has 0 atom stereocenters. The first kappa shape index (κ1) is 14.5. The summed E-state index contributed by atoms with van der Waals surface area (Å²) in [5.41, 5.74) is -0.0394. The Labute approximate surface area is 105 Å². The first-order valence-electron chi connectivity index (χ1n) is 6.56. The van der Waals surface area contributed by atoms with Crippen molar-refractivity contribution in [2.24, 2.45) is 0 Å². The number of carbonyl (C=O) groups is 1. The molecule has 1 amide bonds. The zero-order valence-electron chi connectivity index (χ0n) is 11.9. The fourth-order valence-corrected chi connectivity index (χ4v) is 2.16. The molecule has 100 valence electrons. The standard InChI is InChI=1S/C13H27N3O/c1-11(2)15(5)12(17)10-13(3,4)16-8-6-14-7-9-16/h11,14H,6-10H2,1-5H3. The molecule has 1 aliphatic heterocycles. The molecule has 0 aliphatic carbocycles. The third-order valence-electron chi connectivity index (χ3n) is 3.72. The SMILES string of the molecule is CC(C)N(C)C(=O)CC(C)(C)N1CCNCC1. The summed E-state index contributed by atoms with van der Waals surface area (Å²) in [4.78, 5) is 16.4. The van der Waals surface area contributed by atoms with Crippen molar-refractivity contribution in [1.29, 1.82) is 0 Å². The molecule has 4 nitrogen and oxygen atoms in total. The molecule has 0 aromatic rings. The van der Waals surface area contributed by atoms with Gasteiger partial charge in [0.2, 0.25) is 5.91 Å². The average Bonchev–Trinajstić information content (AvgIpc) is 2.28. The second kappa shape index (κ2) is 5.83. The molecule has 1 fully saturated rings. The van der Waals surface area contributed by atoms with Crippen molar-refractivity contribution in [3.8, 4) is 0 Å². The van der Waals surface area contributed by atoms with Gasteiger partial charge in [0.25, 0.3) is 0 Å². The van der Waals surface area contributed by atoms with Crippen LogP contribution in [0.4, 0.5) is 0 Å². The van der Waals surface area contributed by atoms with E-state index in [1.54, 1.807) is 0 Å². The fraction of sp³-hybridized carbons (Fsp3) is 0.923. The zero-order chi connectivity index (χ0) is 13.1. The lowest BCUT2D eigenvalue weighted by Crippen LogP contribution is -2.55. The normalized spacial score (nSPS) is 18.5. The van der Waals surface area contributed by atoms with Crippen LogP contribution >= 0.6 is 0 Å². The quantitative estimate of drug-likeness (QED) is 0.795. The van der Waals surface area contributed by atoms with Crippen molar-refractivity contribution < 1.29 is 4.79 Å². The van der Waals surface area contributed by atoms with E-state index in [4.69, 9.17) is 0 Å². The topological polar surface area (TPSA) is 35.6 Å². The second-order valence-corrected chi connectivity index (χ2v) is 5.82. The van der Waals surface area contributed by atoms with E-state index in [2.05, 4.69) is 37.9 Å². The van der Waals surface area contributed by atoms with Crippen LogP contribution in [0.3, 0.4) is 0 Å². The van der Waals surface area contributed by atoms with Gasteiger partial charge in [-0.2, -0.15) is 0 Å². The highest BCUT2D eigenvalue weighted by Crippen LogP contribution is 2.20. The molecule has 1 saturated heterocycles. The average molecular weight is 241 g/mol. The smallest absolute Gasteiger partial charge is 0.224 e. The van der Waals surface area contributed by atoms with Crippen LogP contribution in [-0.4, -0.2) is 60.5 Å². The lowest BCUT2D eigenvalue weighted by molar-refractivity contribution is -0.134. The molecule has 0 unspecified atom stereocenters. The molecule has 0 aromatic heterocycles. The first-order chi connectivity index (χ1) is 7.84. The van der Waals surface area contributed by atoms with Gasteiger partial charge in [-0.15, -0.1) is 0 Å². The molecule has 1 heterocycles. The summed E-state index contributed by atoms with van der Waals surface area (Å²) in [6.07, 6.45) is 0.599. The van der Waals surface area contributed by atoms with Crippen LogP contribution in [0.25, 0.3) is 0 Å². The highest BCUT2D eigenvalue weighted by Gasteiger charge is 2.31. The lowest BCUT2D eigenvalue weighted by Gasteiger charge is -2.41. The van der Waals surface area contributed by atoms with Gasteiger partial charge in [0.05, 0.1) is 0 Å². The van der Waals surface area contributed by atoms with Gasteiger partial charge in [0.15, 0.2) is 0 Å². The summed E-state index contributed by atoms with van der Waals surface area (Å²) >= 11 is 0. The van der Waals surface area contributed by atoms with E-state index < -0.39 is 0 Å². The number of hydrogen-bond acceptors (Lipinski definition) is 3. The summed E-state index contributed by atoms with van der Waals surface area (Å²) in [7, 11) is 1.89. The Balaban J connectivity index is 2.55. The van der Waals surface area contributed by atoms with Crippen molar-refractivity contribution >= 4 is 5.91 Å². The van der Waals surface area contributed by atoms with Crippen molar-refractivity contribution in [2.45, 2.75) is 45.7 Å². The van der Waals surface area contributed by atoms with Crippen LogP contribution in [0.5, 0.6) is 0 Å². The largest absolute Gasteiger partial charge is 0.343 e. The van der Waals surface area contributed by atoms with Crippen molar-refractivity contribution in [1.82, 2.24) is 15.1 Å². The molecule has 0 aromatic carbocycles. The monoisotopic (exact) mass is 241 g/mol. The van der Waals surface area contributed by atoms with E-state index in [1.807, 2.05) is 11.9 Å². The molecular weight excluding hydrogens is 214 g/mol. The molecule has 0 bridgehead atoms. The Morgan fingerprint density at radius 3 is 2.35 bits per heavy atom. The Hall–Kier alpha value is -0.610. The molecule has 0 spiro atoms. The van der Waals surface area contributed by atoms with Gasteiger partial charge in [-0.25, -0.2) is 0 Å². The number of piperazine rings is 1. The lowest BCUT2D eigenvalue weighted by atomic mass is 9.96. The van der Waals surface area contributed by atoms with Crippen molar-refractivity contribution in [3.05, 3.63) is 0 Å². The Bertz CT molecular complexity index is 257. The molecule has 0 saturated carbocycles. The van der Waals surface area contributed by atoms with Crippen LogP contribution in [-0.2, 0) is 4.79 Å². The van der Waals surface area contributed by atoms with Crippen LogP contribution in [0.2, 0.25) is 0 Å². The number of rotatable bonds is 4. The van der Waals surface area contributed by atoms with Gasteiger partial charge in [0.1, 0.15) is 0 Å². The molecular formula is C13H27N3O. The molecule has 1 aliphatic rings. The number of nitrogens with one attached hydrogen (secondary N) is 1. The van der Waals surface area contributed by atoms with Crippen LogP contribution in [0.1, 0.15) is 34.1 Å². The van der Waals surface area contributed by atoms with Gasteiger partial charge in [-0.1, -0.05) is 0 Å². The second-order valence-electron chi connectivity index (χ2n) is 5.82. The van der Waals surface area contributed by atoms with E-state index in [0.29, 0.717) is 6.42 Å².